The molecule has 0 atom stereocenters. The van der Waals surface area contributed by atoms with E-state index < -0.39 is 11.6 Å². The van der Waals surface area contributed by atoms with Crippen molar-refractivity contribution in [3.05, 3.63) is 34.9 Å². The largest absolute Gasteiger partial charge is 0.465 e. The fraction of sp³-hybridized carbons (Fsp3) is 0.417. The Morgan fingerprint density at radius 2 is 2.06 bits per heavy atom. The van der Waals surface area contributed by atoms with Gasteiger partial charge < -0.3 is 15.7 Å². The van der Waals surface area contributed by atoms with E-state index in [4.69, 9.17) is 22.4 Å². The van der Waals surface area contributed by atoms with Gasteiger partial charge in [-0.2, -0.15) is 0 Å². The van der Waals surface area contributed by atoms with Crippen LogP contribution in [0.2, 0.25) is 5.02 Å². The second-order valence-electron chi connectivity index (χ2n) is 4.44. The number of benzene rings is 1. The first kappa shape index (κ1) is 12.2. The Labute approximate surface area is 105 Å². The maximum Gasteiger partial charge on any atom is 0.407 e. The van der Waals surface area contributed by atoms with Crippen LogP contribution in [0.4, 0.5) is 4.79 Å². The highest BCUT2D eigenvalue weighted by atomic mass is 35.5. The summed E-state index contributed by atoms with van der Waals surface area (Å²) < 4.78 is 0. The Bertz CT molecular complexity index is 428. The molecule has 1 saturated heterocycles. The van der Waals surface area contributed by atoms with Gasteiger partial charge in [-0.05, 0) is 30.5 Å². The molecule has 1 fully saturated rings. The molecule has 1 aliphatic heterocycles. The lowest BCUT2D eigenvalue weighted by molar-refractivity contribution is 0.117. The molecule has 3 N–H and O–H groups in total. The van der Waals surface area contributed by atoms with Crippen LogP contribution in [0.15, 0.2) is 24.3 Å². The summed E-state index contributed by atoms with van der Waals surface area (Å²) in [4.78, 5) is 12.2. The number of hydrogen-bond acceptors (Lipinski definition) is 2. The molecule has 0 bridgehead atoms. The molecule has 17 heavy (non-hydrogen) atoms. The van der Waals surface area contributed by atoms with Crippen LogP contribution in [0.3, 0.4) is 0 Å². The highest BCUT2D eigenvalue weighted by molar-refractivity contribution is 6.30. The van der Waals surface area contributed by atoms with Gasteiger partial charge in [0, 0.05) is 23.7 Å². The van der Waals surface area contributed by atoms with E-state index in [-0.39, 0.29) is 0 Å². The van der Waals surface area contributed by atoms with Gasteiger partial charge in [0.2, 0.25) is 0 Å². The molecule has 0 aliphatic carbocycles. The zero-order valence-corrected chi connectivity index (χ0v) is 10.2. The number of carboxylic acid groups (broad SMARTS) is 1. The van der Waals surface area contributed by atoms with Crippen LogP contribution in [0.1, 0.15) is 18.4 Å². The van der Waals surface area contributed by atoms with E-state index in [9.17, 15) is 4.79 Å². The first-order valence-electron chi connectivity index (χ1n) is 5.54. The van der Waals surface area contributed by atoms with Gasteiger partial charge >= 0.3 is 6.09 Å². The molecule has 0 saturated carbocycles. The van der Waals surface area contributed by atoms with Crippen molar-refractivity contribution < 1.29 is 9.90 Å². The van der Waals surface area contributed by atoms with Crippen molar-refractivity contribution in [1.29, 1.82) is 0 Å². The molecule has 1 aliphatic rings. The highest BCUT2D eigenvalue weighted by Gasteiger charge is 2.33. The topological polar surface area (TPSA) is 66.6 Å². The first-order valence-corrected chi connectivity index (χ1v) is 5.92. The second kappa shape index (κ2) is 4.55. The summed E-state index contributed by atoms with van der Waals surface area (Å²) >= 11 is 5.95. The van der Waals surface area contributed by atoms with E-state index in [1.54, 1.807) is 6.07 Å². The monoisotopic (exact) mass is 254 g/mol. The van der Waals surface area contributed by atoms with E-state index in [1.165, 1.54) is 4.90 Å². The van der Waals surface area contributed by atoms with Crippen LogP contribution in [0.25, 0.3) is 0 Å². The lowest BCUT2D eigenvalue weighted by Crippen LogP contribution is -2.49. The molecule has 92 valence electrons. The Balaban J connectivity index is 2.14. The number of likely N-dealkylation sites (tertiary alicyclic amines) is 1. The molecule has 0 radical (unpaired) electrons. The molecular weight excluding hydrogens is 240 g/mol. The van der Waals surface area contributed by atoms with Crippen molar-refractivity contribution in [2.75, 3.05) is 13.1 Å². The van der Waals surface area contributed by atoms with E-state index in [1.807, 2.05) is 18.2 Å². The number of amides is 1. The summed E-state index contributed by atoms with van der Waals surface area (Å²) in [5, 5.41) is 9.55. The molecule has 5 heteroatoms. The summed E-state index contributed by atoms with van der Waals surface area (Å²) in [6.07, 6.45) is 0.373. The van der Waals surface area contributed by atoms with E-state index >= 15 is 0 Å². The quantitative estimate of drug-likeness (QED) is 0.808. The van der Waals surface area contributed by atoms with Gasteiger partial charge in [-0.3, -0.25) is 0 Å². The van der Waals surface area contributed by atoms with Crippen molar-refractivity contribution in [3.8, 4) is 0 Å². The van der Waals surface area contributed by atoms with Gasteiger partial charge in [0.15, 0.2) is 0 Å². The lowest BCUT2D eigenvalue weighted by Gasteiger charge is -2.38. The number of hydrogen-bond donors (Lipinski definition) is 2. The molecule has 1 heterocycles. The van der Waals surface area contributed by atoms with Crippen molar-refractivity contribution in [1.82, 2.24) is 4.90 Å². The van der Waals surface area contributed by atoms with Crippen molar-refractivity contribution >= 4 is 17.7 Å². The highest BCUT2D eigenvalue weighted by Crippen LogP contribution is 2.31. The third-order valence-electron chi connectivity index (χ3n) is 3.33. The van der Waals surface area contributed by atoms with Crippen molar-refractivity contribution in [3.63, 3.8) is 0 Å². The number of piperidine rings is 1. The van der Waals surface area contributed by atoms with Crippen LogP contribution >= 0.6 is 11.6 Å². The predicted molar refractivity (Wildman–Crippen MR) is 66.1 cm³/mol. The summed E-state index contributed by atoms with van der Waals surface area (Å²) in [6, 6.07) is 7.48. The molecule has 1 aromatic carbocycles. The van der Waals surface area contributed by atoms with Gasteiger partial charge in [0.25, 0.3) is 0 Å². The van der Waals surface area contributed by atoms with Gasteiger partial charge in [-0.25, -0.2) is 4.79 Å². The number of nitrogens with zero attached hydrogens (tertiary/aromatic N) is 1. The molecule has 4 nitrogen and oxygen atoms in total. The van der Waals surface area contributed by atoms with Crippen molar-refractivity contribution in [2.24, 2.45) is 5.73 Å². The normalized spacial score (nSPS) is 19.1. The van der Waals surface area contributed by atoms with Crippen LogP contribution in [-0.4, -0.2) is 29.2 Å². The van der Waals surface area contributed by atoms with E-state index in [0.29, 0.717) is 31.0 Å². The predicted octanol–water partition coefficient (Wildman–Crippen LogP) is 2.27. The smallest absolute Gasteiger partial charge is 0.407 e. The maximum atomic E-state index is 10.8. The Morgan fingerprint density at radius 1 is 1.41 bits per heavy atom. The second-order valence-corrected chi connectivity index (χ2v) is 4.87. The van der Waals surface area contributed by atoms with Gasteiger partial charge in [0.05, 0.1) is 0 Å². The lowest BCUT2D eigenvalue weighted by atomic mass is 9.82. The molecule has 0 unspecified atom stereocenters. The molecule has 0 aromatic heterocycles. The zero-order chi connectivity index (χ0) is 12.5. The molecule has 0 spiro atoms. The Morgan fingerprint density at radius 3 is 2.59 bits per heavy atom. The minimum atomic E-state index is -0.877. The van der Waals surface area contributed by atoms with Crippen LogP contribution in [0, 0.1) is 0 Å². The van der Waals surface area contributed by atoms with Crippen molar-refractivity contribution in [2.45, 2.75) is 18.4 Å². The molecule has 1 amide bonds. The summed E-state index contributed by atoms with van der Waals surface area (Å²) in [7, 11) is 0. The van der Waals surface area contributed by atoms with Crippen LogP contribution in [0.5, 0.6) is 0 Å². The number of halogens is 1. The molecule has 2 rings (SSSR count). The standard InChI is InChI=1S/C12H15ClN2O2/c13-10-3-1-2-9(8-10)12(14)4-6-15(7-5-12)11(16)17/h1-3,8H,4-7,14H2,(H,16,17). The summed E-state index contributed by atoms with van der Waals surface area (Å²) in [5.41, 5.74) is 6.85. The van der Waals surface area contributed by atoms with E-state index in [2.05, 4.69) is 0 Å². The van der Waals surface area contributed by atoms with E-state index in [0.717, 1.165) is 5.56 Å². The fourth-order valence-corrected chi connectivity index (χ4v) is 2.37. The summed E-state index contributed by atoms with van der Waals surface area (Å²) in [5.74, 6) is 0. The number of rotatable bonds is 1. The minimum absolute atomic E-state index is 0.461. The Kier molecular flexibility index (Phi) is 3.26. The third kappa shape index (κ3) is 2.53. The van der Waals surface area contributed by atoms with Crippen LogP contribution < -0.4 is 5.73 Å². The third-order valence-corrected chi connectivity index (χ3v) is 3.56. The fourth-order valence-electron chi connectivity index (χ4n) is 2.18. The minimum Gasteiger partial charge on any atom is -0.465 e. The first-order chi connectivity index (χ1) is 8.01. The van der Waals surface area contributed by atoms with Gasteiger partial charge in [-0.1, -0.05) is 23.7 Å². The van der Waals surface area contributed by atoms with Crippen LogP contribution in [-0.2, 0) is 5.54 Å². The maximum absolute atomic E-state index is 10.8. The number of carbonyl (C=O) groups is 1. The summed E-state index contributed by atoms with van der Waals surface area (Å²) in [6.45, 7) is 0.941. The average molecular weight is 255 g/mol. The number of nitrogens with two attached hydrogens (primary N) is 1. The molecule has 1 aromatic rings. The molecular formula is C12H15ClN2O2. The SMILES string of the molecule is NC1(c2cccc(Cl)c2)CCN(C(=O)O)CC1. The average Bonchev–Trinajstić information content (AvgIpc) is 2.29. The van der Waals surface area contributed by atoms with Gasteiger partial charge in [0.1, 0.15) is 0 Å². The van der Waals surface area contributed by atoms with Gasteiger partial charge in [-0.15, -0.1) is 0 Å². The zero-order valence-electron chi connectivity index (χ0n) is 9.40. The Hall–Kier alpha value is -1.26.